The van der Waals surface area contributed by atoms with Gasteiger partial charge in [-0.05, 0) is 45.8 Å². The molecule has 0 saturated carbocycles. The Morgan fingerprint density at radius 3 is 2.41 bits per heavy atom. The van der Waals surface area contributed by atoms with Gasteiger partial charge < -0.3 is 4.74 Å². The van der Waals surface area contributed by atoms with E-state index in [-0.39, 0.29) is 17.3 Å². The first kappa shape index (κ1) is 16.8. The summed E-state index contributed by atoms with van der Waals surface area (Å²) in [5, 5.41) is -0.0858. The average Bonchev–Trinajstić information content (AvgIpc) is 2.21. The molecule has 0 amide bonds. The zero-order valence-corrected chi connectivity index (χ0v) is 12.2. The Kier molecular flexibility index (Phi) is 9.60. The molecule has 0 aliphatic carbocycles. The number of carbonyl (C=O) groups is 1. The molecule has 0 aliphatic rings. The van der Waals surface area contributed by atoms with Gasteiger partial charge in [-0.3, -0.25) is 4.79 Å². The molecule has 0 rings (SSSR count). The second kappa shape index (κ2) is 9.75. The summed E-state index contributed by atoms with van der Waals surface area (Å²) >= 11 is 1.60. The Morgan fingerprint density at radius 1 is 1.29 bits per heavy atom. The molecule has 102 valence electrons. The molecule has 0 aromatic carbocycles. The van der Waals surface area contributed by atoms with Crippen molar-refractivity contribution in [3.05, 3.63) is 0 Å². The summed E-state index contributed by atoms with van der Waals surface area (Å²) < 4.78 is 17.8. The van der Waals surface area contributed by atoms with Crippen LogP contribution in [-0.4, -0.2) is 29.2 Å². The highest BCUT2D eigenvalue weighted by Crippen LogP contribution is 2.20. The zero-order chi connectivity index (χ0) is 13.3. The molecule has 0 aromatic heterocycles. The lowest BCUT2D eigenvalue weighted by atomic mass is 10.2. The maximum Gasteiger partial charge on any atom is 0.319 e. The average molecular weight is 264 g/mol. The van der Waals surface area contributed by atoms with E-state index in [9.17, 15) is 9.18 Å². The summed E-state index contributed by atoms with van der Waals surface area (Å²) in [5.74, 6) is 0.701. The highest BCUT2D eigenvalue weighted by atomic mass is 32.2. The van der Waals surface area contributed by atoms with E-state index in [0.29, 0.717) is 6.42 Å². The highest BCUT2D eigenvalue weighted by molar-refractivity contribution is 8.00. The van der Waals surface area contributed by atoms with Crippen molar-refractivity contribution < 1.29 is 13.9 Å². The van der Waals surface area contributed by atoms with Gasteiger partial charge in [-0.15, -0.1) is 11.8 Å². The number of esters is 1. The van der Waals surface area contributed by atoms with E-state index in [1.807, 2.05) is 13.8 Å². The Labute approximate surface area is 109 Å². The summed E-state index contributed by atoms with van der Waals surface area (Å²) in [6, 6.07) is 0. The number of carbonyl (C=O) groups excluding carboxylic acids is 1. The lowest BCUT2D eigenvalue weighted by Gasteiger charge is -2.16. The summed E-state index contributed by atoms with van der Waals surface area (Å²) in [4.78, 5) is 11.8. The van der Waals surface area contributed by atoms with Crippen LogP contribution in [0.4, 0.5) is 4.39 Å². The molecule has 2 atom stereocenters. The zero-order valence-electron chi connectivity index (χ0n) is 11.4. The van der Waals surface area contributed by atoms with Crippen molar-refractivity contribution in [3.63, 3.8) is 0 Å². The van der Waals surface area contributed by atoms with E-state index in [4.69, 9.17) is 4.74 Å². The number of ether oxygens (including phenoxy) is 1. The van der Waals surface area contributed by atoms with Crippen molar-refractivity contribution in [1.29, 1.82) is 0 Å². The van der Waals surface area contributed by atoms with Crippen LogP contribution < -0.4 is 0 Å². The van der Waals surface area contributed by atoms with Crippen LogP contribution in [0.25, 0.3) is 0 Å². The third kappa shape index (κ3) is 9.45. The summed E-state index contributed by atoms with van der Waals surface area (Å²) in [5.41, 5.74) is 0. The second-order valence-corrected chi connectivity index (χ2v) is 5.87. The third-order valence-corrected chi connectivity index (χ3v) is 3.59. The van der Waals surface area contributed by atoms with E-state index >= 15 is 0 Å². The lowest BCUT2D eigenvalue weighted by molar-refractivity contribution is -0.146. The van der Waals surface area contributed by atoms with Gasteiger partial charge in [-0.2, -0.15) is 0 Å². The van der Waals surface area contributed by atoms with Crippen LogP contribution >= 0.6 is 11.8 Å². The Morgan fingerprint density at radius 2 is 1.94 bits per heavy atom. The standard InChI is InChI=1S/C13H25FO2S/c1-5-7-12(13(15)16-10(2)3)17-9-6-8-11(4)14/h10-12H,5-9H2,1-4H3. The molecular weight excluding hydrogens is 239 g/mol. The number of thioether (sulfide) groups is 1. The van der Waals surface area contributed by atoms with Gasteiger partial charge in [0.2, 0.25) is 0 Å². The molecule has 2 nitrogen and oxygen atoms in total. The first-order valence-electron chi connectivity index (χ1n) is 6.43. The SMILES string of the molecule is CCCC(SCCCC(C)F)C(=O)OC(C)C. The number of hydrogen-bond acceptors (Lipinski definition) is 3. The summed E-state index contributed by atoms with van der Waals surface area (Å²) in [7, 11) is 0. The van der Waals surface area contributed by atoms with Crippen molar-refractivity contribution in [3.8, 4) is 0 Å². The number of rotatable bonds is 9. The number of hydrogen-bond donors (Lipinski definition) is 0. The van der Waals surface area contributed by atoms with E-state index in [0.717, 1.165) is 25.0 Å². The van der Waals surface area contributed by atoms with Crippen molar-refractivity contribution in [2.45, 2.75) is 70.9 Å². The first-order chi connectivity index (χ1) is 7.97. The topological polar surface area (TPSA) is 26.3 Å². The van der Waals surface area contributed by atoms with E-state index < -0.39 is 6.17 Å². The molecule has 4 heteroatoms. The largest absolute Gasteiger partial charge is 0.462 e. The maximum absolute atomic E-state index is 12.6. The van der Waals surface area contributed by atoms with E-state index in [1.54, 1.807) is 18.7 Å². The molecule has 0 heterocycles. The minimum atomic E-state index is -0.747. The lowest BCUT2D eigenvalue weighted by Crippen LogP contribution is -2.23. The molecule has 0 radical (unpaired) electrons. The van der Waals surface area contributed by atoms with Gasteiger partial charge >= 0.3 is 5.97 Å². The van der Waals surface area contributed by atoms with Gasteiger partial charge in [-0.25, -0.2) is 4.39 Å². The van der Waals surface area contributed by atoms with Crippen molar-refractivity contribution in [2.75, 3.05) is 5.75 Å². The van der Waals surface area contributed by atoms with Gasteiger partial charge in [0.15, 0.2) is 0 Å². The fraction of sp³-hybridized carbons (Fsp3) is 0.923. The highest BCUT2D eigenvalue weighted by Gasteiger charge is 2.20. The Balaban J connectivity index is 3.92. The molecule has 0 aliphatic heterocycles. The third-order valence-electron chi connectivity index (χ3n) is 2.23. The van der Waals surface area contributed by atoms with Gasteiger partial charge in [0, 0.05) is 0 Å². The fourth-order valence-corrected chi connectivity index (χ4v) is 2.64. The van der Waals surface area contributed by atoms with Crippen LogP contribution in [0, 0.1) is 0 Å². The number of halogens is 1. The Hall–Kier alpha value is -0.250. The minimum Gasteiger partial charge on any atom is -0.462 e. The molecular formula is C13H25FO2S. The van der Waals surface area contributed by atoms with E-state index in [1.165, 1.54) is 0 Å². The van der Waals surface area contributed by atoms with E-state index in [2.05, 4.69) is 6.92 Å². The van der Waals surface area contributed by atoms with Crippen LogP contribution in [-0.2, 0) is 9.53 Å². The van der Waals surface area contributed by atoms with Gasteiger partial charge in [0.05, 0.1) is 12.3 Å². The van der Waals surface area contributed by atoms with Gasteiger partial charge in [-0.1, -0.05) is 13.3 Å². The van der Waals surface area contributed by atoms with Crippen LogP contribution in [0.2, 0.25) is 0 Å². The van der Waals surface area contributed by atoms with Crippen molar-refractivity contribution in [1.82, 2.24) is 0 Å². The summed E-state index contributed by atoms with van der Waals surface area (Å²) in [6.45, 7) is 7.34. The number of alkyl halides is 1. The van der Waals surface area contributed by atoms with Crippen LogP contribution in [0.5, 0.6) is 0 Å². The predicted molar refractivity (Wildman–Crippen MR) is 72.2 cm³/mol. The first-order valence-corrected chi connectivity index (χ1v) is 7.48. The van der Waals surface area contributed by atoms with Crippen LogP contribution in [0.15, 0.2) is 0 Å². The molecule has 0 fully saturated rings. The fourth-order valence-electron chi connectivity index (χ4n) is 1.43. The van der Waals surface area contributed by atoms with Crippen LogP contribution in [0.1, 0.15) is 53.4 Å². The van der Waals surface area contributed by atoms with Crippen LogP contribution in [0.3, 0.4) is 0 Å². The van der Waals surface area contributed by atoms with Crippen molar-refractivity contribution in [2.24, 2.45) is 0 Å². The molecule has 0 bridgehead atoms. The molecule has 17 heavy (non-hydrogen) atoms. The Bertz CT molecular complexity index is 208. The monoisotopic (exact) mass is 264 g/mol. The summed E-state index contributed by atoms with van der Waals surface area (Å²) in [6.07, 6.45) is 2.38. The van der Waals surface area contributed by atoms with Gasteiger partial charge in [0.25, 0.3) is 0 Å². The molecule has 0 aromatic rings. The normalized spacial score (nSPS) is 14.7. The molecule has 0 N–H and O–H groups in total. The molecule has 0 spiro atoms. The predicted octanol–water partition coefficient (Wildman–Crippen LogP) is 3.98. The molecule has 2 unspecified atom stereocenters. The minimum absolute atomic E-state index is 0.0617. The smallest absolute Gasteiger partial charge is 0.319 e. The van der Waals surface area contributed by atoms with Crippen molar-refractivity contribution >= 4 is 17.7 Å². The quantitative estimate of drug-likeness (QED) is 0.465. The molecule has 0 saturated heterocycles. The van der Waals surface area contributed by atoms with Gasteiger partial charge in [0.1, 0.15) is 5.25 Å². The maximum atomic E-state index is 12.6. The second-order valence-electron chi connectivity index (χ2n) is 4.56.